The van der Waals surface area contributed by atoms with Crippen molar-refractivity contribution in [1.82, 2.24) is 0 Å². The molecular formula is C20H32O6. The van der Waals surface area contributed by atoms with Gasteiger partial charge in [-0.05, 0) is 52.4 Å². The summed E-state index contributed by atoms with van der Waals surface area (Å²) >= 11 is 0. The van der Waals surface area contributed by atoms with Gasteiger partial charge in [0.15, 0.2) is 0 Å². The van der Waals surface area contributed by atoms with E-state index < -0.39 is 29.1 Å². The molecule has 0 aromatic rings. The minimum absolute atomic E-state index is 0.0435. The summed E-state index contributed by atoms with van der Waals surface area (Å²) < 4.78 is 16.4. The highest BCUT2D eigenvalue weighted by molar-refractivity contribution is 5.84. The predicted molar refractivity (Wildman–Crippen MR) is 95.1 cm³/mol. The number of hydrogen-bond donors (Lipinski definition) is 0. The maximum atomic E-state index is 12.6. The van der Waals surface area contributed by atoms with E-state index >= 15 is 0 Å². The van der Waals surface area contributed by atoms with Crippen molar-refractivity contribution >= 4 is 17.9 Å². The van der Waals surface area contributed by atoms with Crippen molar-refractivity contribution in [2.45, 2.75) is 92.0 Å². The van der Waals surface area contributed by atoms with Crippen LogP contribution in [-0.4, -0.2) is 35.7 Å². The second-order valence-electron chi connectivity index (χ2n) is 9.95. The molecule has 0 spiro atoms. The zero-order valence-corrected chi connectivity index (χ0v) is 17.0. The van der Waals surface area contributed by atoms with E-state index in [1.807, 2.05) is 13.8 Å². The largest absolute Gasteiger partial charge is 0.458 e. The number of hydrogen-bond acceptors (Lipinski definition) is 6. The molecule has 1 aliphatic heterocycles. The van der Waals surface area contributed by atoms with Gasteiger partial charge in [-0.2, -0.15) is 0 Å². The second-order valence-corrected chi connectivity index (χ2v) is 9.95. The molecule has 1 saturated heterocycles. The number of ether oxygens (including phenoxy) is 3. The third-order valence-corrected chi connectivity index (χ3v) is 4.95. The lowest BCUT2D eigenvalue weighted by atomic mass is 9.76. The first-order valence-electron chi connectivity index (χ1n) is 9.36. The Morgan fingerprint density at radius 2 is 1.65 bits per heavy atom. The number of rotatable bonds is 5. The topological polar surface area (TPSA) is 78.9 Å². The fourth-order valence-corrected chi connectivity index (χ4v) is 3.91. The summed E-state index contributed by atoms with van der Waals surface area (Å²) in [5.41, 5.74) is -2.15. The van der Waals surface area contributed by atoms with Crippen LogP contribution in [0.1, 0.15) is 74.1 Å². The Morgan fingerprint density at radius 3 is 2.23 bits per heavy atom. The van der Waals surface area contributed by atoms with Crippen LogP contribution in [0, 0.1) is 16.7 Å². The summed E-state index contributed by atoms with van der Waals surface area (Å²) in [7, 11) is 0. The van der Waals surface area contributed by atoms with Crippen LogP contribution in [0.5, 0.6) is 0 Å². The first kappa shape index (κ1) is 20.7. The van der Waals surface area contributed by atoms with Gasteiger partial charge in [-0.25, -0.2) is 4.79 Å². The van der Waals surface area contributed by atoms with Crippen molar-refractivity contribution in [3.05, 3.63) is 0 Å². The van der Waals surface area contributed by atoms with E-state index in [4.69, 9.17) is 14.2 Å². The average Bonchev–Trinajstić information content (AvgIpc) is 2.74. The summed E-state index contributed by atoms with van der Waals surface area (Å²) in [4.78, 5) is 36.8. The first-order valence-corrected chi connectivity index (χ1v) is 9.36. The minimum Gasteiger partial charge on any atom is -0.458 e. The van der Waals surface area contributed by atoms with Crippen LogP contribution in [0.25, 0.3) is 0 Å². The standard InChI is InChI=1S/C20H32O6/c1-18(2,3)11-19(4,5)16(22)26-20(6,7)17(23)25-13-9-8-12-10-14(13)24-15(12)21/h12-14H,8-11H2,1-7H3. The first-order chi connectivity index (χ1) is 11.7. The Morgan fingerprint density at radius 1 is 1.04 bits per heavy atom. The third-order valence-electron chi connectivity index (χ3n) is 4.95. The molecule has 6 heteroatoms. The summed E-state index contributed by atoms with van der Waals surface area (Å²) in [6.07, 6.45) is 1.62. The maximum Gasteiger partial charge on any atom is 0.350 e. The zero-order valence-electron chi connectivity index (χ0n) is 17.0. The van der Waals surface area contributed by atoms with Gasteiger partial charge in [0.1, 0.15) is 12.2 Å². The molecule has 2 aliphatic rings. The minimum atomic E-state index is -1.40. The van der Waals surface area contributed by atoms with Gasteiger partial charge >= 0.3 is 17.9 Å². The van der Waals surface area contributed by atoms with Crippen LogP contribution in [0.3, 0.4) is 0 Å². The van der Waals surface area contributed by atoms with Gasteiger partial charge in [0, 0.05) is 6.42 Å². The predicted octanol–water partition coefficient (Wildman–Crippen LogP) is 3.41. The molecule has 0 aromatic heterocycles. The molecule has 0 radical (unpaired) electrons. The molecule has 148 valence electrons. The number of fused-ring (bicyclic) bond motifs is 2. The lowest BCUT2D eigenvalue weighted by molar-refractivity contribution is -0.192. The molecule has 0 aromatic carbocycles. The Balaban J connectivity index is 1.97. The molecule has 0 amide bonds. The van der Waals surface area contributed by atoms with Crippen molar-refractivity contribution in [2.24, 2.45) is 16.7 Å². The molecule has 1 aliphatic carbocycles. The lowest BCUT2D eigenvalue weighted by Crippen LogP contribution is -2.46. The van der Waals surface area contributed by atoms with Crippen LogP contribution >= 0.6 is 0 Å². The Bertz CT molecular complexity index is 584. The number of esters is 3. The zero-order chi connectivity index (χ0) is 19.9. The summed E-state index contributed by atoms with van der Waals surface area (Å²) in [5, 5.41) is 0. The van der Waals surface area contributed by atoms with Gasteiger partial charge in [0.25, 0.3) is 0 Å². The number of carbonyl (C=O) groups is 3. The van der Waals surface area contributed by atoms with Gasteiger partial charge in [-0.15, -0.1) is 0 Å². The van der Waals surface area contributed by atoms with Crippen molar-refractivity contribution in [2.75, 3.05) is 0 Å². The van der Waals surface area contributed by atoms with Crippen molar-refractivity contribution in [3.63, 3.8) is 0 Å². The van der Waals surface area contributed by atoms with E-state index in [2.05, 4.69) is 20.8 Å². The van der Waals surface area contributed by atoms with E-state index in [1.165, 1.54) is 13.8 Å². The van der Waals surface area contributed by atoms with Crippen LogP contribution in [0.4, 0.5) is 0 Å². The smallest absolute Gasteiger partial charge is 0.350 e. The lowest BCUT2D eigenvalue weighted by Gasteiger charge is -2.34. The molecule has 2 bridgehead atoms. The van der Waals surface area contributed by atoms with Gasteiger partial charge in [-0.3, -0.25) is 9.59 Å². The monoisotopic (exact) mass is 368 g/mol. The van der Waals surface area contributed by atoms with Crippen LogP contribution in [0.2, 0.25) is 0 Å². The van der Waals surface area contributed by atoms with E-state index in [-0.39, 0.29) is 23.4 Å². The molecule has 1 heterocycles. The van der Waals surface area contributed by atoms with E-state index in [9.17, 15) is 14.4 Å². The summed E-state index contributed by atoms with van der Waals surface area (Å²) in [5.74, 6) is -1.31. The molecule has 3 atom stereocenters. The molecule has 1 saturated carbocycles. The fraction of sp³-hybridized carbons (Fsp3) is 0.850. The van der Waals surface area contributed by atoms with Crippen LogP contribution in [0.15, 0.2) is 0 Å². The number of carbonyl (C=O) groups excluding carboxylic acids is 3. The van der Waals surface area contributed by atoms with Crippen molar-refractivity contribution < 1.29 is 28.6 Å². The van der Waals surface area contributed by atoms with E-state index in [0.717, 1.165) is 0 Å². The van der Waals surface area contributed by atoms with Crippen molar-refractivity contribution in [3.8, 4) is 0 Å². The highest BCUT2D eigenvalue weighted by atomic mass is 16.6. The van der Waals surface area contributed by atoms with Crippen molar-refractivity contribution in [1.29, 1.82) is 0 Å². The van der Waals surface area contributed by atoms with Gasteiger partial charge < -0.3 is 14.2 Å². The Labute approximate surface area is 155 Å². The van der Waals surface area contributed by atoms with Gasteiger partial charge in [0.2, 0.25) is 5.60 Å². The third kappa shape index (κ3) is 4.77. The SMILES string of the molecule is CC(C)(C)CC(C)(C)C(=O)OC(C)(C)C(=O)OC1CCC2CC1OC2=O. The normalized spacial score (nSPS) is 26.3. The second kappa shape index (κ2) is 6.86. The molecule has 2 fully saturated rings. The van der Waals surface area contributed by atoms with Crippen LogP contribution in [-0.2, 0) is 28.6 Å². The van der Waals surface area contributed by atoms with Gasteiger partial charge in [0.05, 0.1) is 11.3 Å². The Hall–Kier alpha value is -1.59. The van der Waals surface area contributed by atoms with E-state index in [1.54, 1.807) is 0 Å². The summed E-state index contributed by atoms with van der Waals surface area (Å²) in [6, 6.07) is 0. The fourth-order valence-electron chi connectivity index (χ4n) is 3.91. The molecule has 26 heavy (non-hydrogen) atoms. The summed E-state index contributed by atoms with van der Waals surface area (Å²) in [6.45, 7) is 12.9. The molecule has 0 N–H and O–H groups in total. The molecule has 6 nitrogen and oxygen atoms in total. The highest BCUT2D eigenvalue weighted by Gasteiger charge is 2.47. The molecular weight excluding hydrogens is 336 g/mol. The van der Waals surface area contributed by atoms with E-state index in [0.29, 0.717) is 25.7 Å². The highest BCUT2D eigenvalue weighted by Crippen LogP contribution is 2.37. The quantitative estimate of drug-likeness (QED) is 0.546. The van der Waals surface area contributed by atoms with Gasteiger partial charge in [-0.1, -0.05) is 20.8 Å². The van der Waals surface area contributed by atoms with Crippen LogP contribution < -0.4 is 0 Å². The maximum absolute atomic E-state index is 12.6. The Kier molecular flexibility index (Phi) is 5.46. The molecule has 2 rings (SSSR count). The average molecular weight is 368 g/mol. The molecule has 3 unspecified atom stereocenters.